The molecule has 1 amide bonds. The first kappa shape index (κ1) is 22.0. The highest BCUT2D eigenvalue weighted by Gasteiger charge is 2.31. The predicted octanol–water partition coefficient (Wildman–Crippen LogP) is -3.43. The van der Waals surface area contributed by atoms with E-state index in [1.54, 1.807) is 0 Å². The monoisotopic (exact) mass is 325 g/mol. The van der Waals surface area contributed by atoms with Gasteiger partial charge in [0.25, 0.3) is 0 Å². The minimum Gasteiger partial charge on any atom is -0.481 e. The molecular weight excluding hydrogens is 306 g/mol. The van der Waals surface area contributed by atoms with Crippen LogP contribution in [0, 0.1) is 0 Å². The van der Waals surface area contributed by atoms with E-state index in [0.29, 0.717) is 0 Å². The number of carboxylic acids is 3. The van der Waals surface area contributed by atoms with Gasteiger partial charge < -0.3 is 31.3 Å². The third-order valence-corrected chi connectivity index (χ3v) is 2.21. The highest BCUT2D eigenvalue weighted by atomic mass is 16.4. The zero-order valence-electron chi connectivity index (χ0n) is 11.4. The van der Waals surface area contributed by atoms with Crippen molar-refractivity contribution in [3.05, 3.63) is 0 Å². The van der Waals surface area contributed by atoms with Crippen molar-refractivity contribution in [1.82, 2.24) is 0 Å². The molecule has 0 aliphatic heterocycles. The Morgan fingerprint density at radius 2 is 1.09 bits per heavy atom. The van der Waals surface area contributed by atoms with Crippen LogP contribution in [0.15, 0.2) is 0 Å². The van der Waals surface area contributed by atoms with Crippen LogP contribution in [0.3, 0.4) is 0 Å². The first-order chi connectivity index (χ1) is 9.72. The van der Waals surface area contributed by atoms with Gasteiger partial charge in [-0.3, -0.25) is 21.1 Å². The lowest BCUT2D eigenvalue weighted by Crippen LogP contribution is -2.48. The summed E-state index contributed by atoms with van der Waals surface area (Å²) < 4.78 is 0. The molecule has 128 valence electrons. The van der Waals surface area contributed by atoms with Gasteiger partial charge in [-0.05, 0) is 0 Å². The number of hydrogen-bond acceptors (Lipinski definition) is 8. The van der Waals surface area contributed by atoms with Crippen molar-refractivity contribution >= 4 is 23.8 Å². The molecule has 0 fully saturated rings. The van der Waals surface area contributed by atoms with Crippen LogP contribution in [0.2, 0.25) is 0 Å². The predicted molar refractivity (Wildman–Crippen MR) is 68.8 cm³/mol. The molecule has 0 rings (SSSR count). The summed E-state index contributed by atoms with van der Waals surface area (Å²) in [5, 5.41) is 42.1. The van der Waals surface area contributed by atoms with Gasteiger partial charge in [-0.25, -0.2) is 9.59 Å². The minimum absolute atomic E-state index is 0.251. The molecule has 2 atom stereocenters. The lowest BCUT2D eigenvalue weighted by Gasteiger charge is -2.15. The van der Waals surface area contributed by atoms with Gasteiger partial charge in [0, 0.05) is 25.7 Å². The zero-order valence-corrected chi connectivity index (χ0v) is 11.4. The molecule has 11 N–H and O–H groups in total. The Kier molecular flexibility index (Phi) is 8.89. The summed E-state index contributed by atoms with van der Waals surface area (Å²) in [6.45, 7) is 0. The van der Waals surface area contributed by atoms with E-state index in [-0.39, 0.29) is 12.8 Å². The van der Waals surface area contributed by atoms with Crippen molar-refractivity contribution in [2.24, 2.45) is 17.2 Å². The van der Waals surface area contributed by atoms with Crippen molar-refractivity contribution < 1.29 is 44.7 Å². The van der Waals surface area contributed by atoms with Crippen molar-refractivity contribution in [2.75, 3.05) is 0 Å². The molecule has 0 aliphatic carbocycles. The Labute approximate surface area is 124 Å². The molecule has 12 heteroatoms. The van der Waals surface area contributed by atoms with Crippen molar-refractivity contribution in [3.8, 4) is 0 Å². The SMILES string of the molecule is NC(=O)CC[C@@](N)(O)C(=O)O.N[C@@](O)(CCC(=O)O)C(=O)O. The number of nitrogens with two attached hydrogens (primary N) is 3. The van der Waals surface area contributed by atoms with Crippen molar-refractivity contribution in [3.63, 3.8) is 0 Å². The number of carboxylic acid groups (broad SMARTS) is 3. The third kappa shape index (κ3) is 10.5. The first-order valence-electron chi connectivity index (χ1n) is 5.71. The van der Waals surface area contributed by atoms with E-state index < -0.39 is 48.1 Å². The van der Waals surface area contributed by atoms with Crippen LogP contribution >= 0.6 is 0 Å². The molecule has 0 saturated carbocycles. The van der Waals surface area contributed by atoms with Crippen LogP contribution in [-0.4, -0.2) is 60.8 Å². The Morgan fingerprint density at radius 1 is 0.773 bits per heavy atom. The largest absolute Gasteiger partial charge is 0.481 e. The maximum Gasteiger partial charge on any atom is 0.351 e. The normalized spacial score (nSPS) is 15.5. The number of amides is 1. The maximum atomic E-state index is 10.1. The lowest BCUT2D eigenvalue weighted by molar-refractivity contribution is -0.160. The summed E-state index contributed by atoms with van der Waals surface area (Å²) in [5.41, 5.74) is 9.57. The molecule has 0 bridgehead atoms. The molecule has 12 nitrogen and oxygen atoms in total. The van der Waals surface area contributed by atoms with Crippen LogP contribution in [-0.2, 0) is 19.2 Å². The summed E-state index contributed by atoms with van der Waals surface area (Å²) in [6, 6.07) is 0. The summed E-state index contributed by atoms with van der Waals surface area (Å²) in [7, 11) is 0. The fourth-order valence-electron chi connectivity index (χ4n) is 0.825. The smallest absolute Gasteiger partial charge is 0.351 e. The van der Waals surface area contributed by atoms with E-state index >= 15 is 0 Å². The summed E-state index contributed by atoms with van der Waals surface area (Å²) in [4.78, 5) is 40.2. The molecule has 0 aromatic rings. The topological polar surface area (TPSA) is 247 Å². The zero-order chi connectivity index (χ0) is 18.1. The number of carbonyl (C=O) groups excluding carboxylic acids is 1. The Bertz CT molecular complexity index is 393. The van der Waals surface area contributed by atoms with Gasteiger partial charge in [0.05, 0.1) is 0 Å². The average Bonchev–Trinajstić information content (AvgIpc) is 2.34. The quantitative estimate of drug-likeness (QED) is 0.204. The molecule has 0 aromatic heterocycles. The molecule has 0 radical (unpaired) electrons. The van der Waals surface area contributed by atoms with Crippen molar-refractivity contribution in [1.29, 1.82) is 0 Å². The van der Waals surface area contributed by atoms with E-state index in [9.17, 15) is 19.2 Å². The van der Waals surface area contributed by atoms with Crippen LogP contribution < -0.4 is 17.2 Å². The molecule has 0 spiro atoms. The molecule has 0 unspecified atom stereocenters. The maximum absolute atomic E-state index is 10.1. The number of hydrogen-bond donors (Lipinski definition) is 8. The van der Waals surface area contributed by atoms with Gasteiger partial charge in [0.1, 0.15) is 0 Å². The van der Waals surface area contributed by atoms with Crippen LogP contribution in [0.1, 0.15) is 25.7 Å². The second-order valence-electron chi connectivity index (χ2n) is 4.32. The van der Waals surface area contributed by atoms with Crippen LogP contribution in [0.25, 0.3) is 0 Å². The number of aliphatic carboxylic acids is 3. The van der Waals surface area contributed by atoms with E-state index in [1.165, 1.54) is 0 Å². The molecule has 0 aliphatic rings. The average molecular weight is 325 g/mol. The number of carbonyl (C=O) groups is 4. The molecule has 0 heterocycles. The minimum atomic E-state index is -2.43. The second-order valence-corrected chi connectivity index (χ2v) is 4.32. The summed E-state index contributed by atoms with van der Waals surface area (Å²) >= 11 is 0. The van der Waals surface area contributed by atoms with Gasteiger partial charge in [-0.15, -0.1) is 0 Å². The van der Waals surface area contributed by atoms with Crippen LogP contribution in [0.5, 0.6) is 0 Å². The molecule has 0 saturated heterocycles. The molecular formula is C10H19N3O9. The third-order valence-electron chi connectivity index (χ3n) is 2.21. The second kappa shape index (κ2) is 8.89. The number of primary amides is 1. The van der Waals surface area contributed by atoms with Crippen molar-refractivity contribution in [2.45, 2.75) is 37.1 Å². The van der Waals surface area contributed by atoms with Gasteiger partial charge in [-0.1, -0.05) is 0 Å². The first-order valence-corrected chi connectivity index (χ1v) is 5.71. The standard InChI is InChI=1S/C5H10N2O4.C5H9NO5/c6-3(8)1-2-5(7,11)4(9)10;6-5(11,4(9)10)2-1-3(7)8/h11H,1-2,7H2,(H2,6,8)(H,9,10);11H,1-2,6H2,(H,7,8)(H,9,10)/t2*5-/m11/s1. The summed E-state index contributed by atoms with van der Waals surface area (Å²) in [5.74, 6) is -5.09. The fourth-order valence-corrected chi connectivity index (χ4v) is 0.825. The fraction of sp³-hybridized carbons (Fsp3) is 0.600. The number of rotatable bonds is 8. The van der Waals surface area contributed by atoms with Gasteiger partial charge in [-0.2, -0.15) is 0 Å². The summed E-state index contributed by atoms with van der Waals surface area (Å²) in [6.07, 6.45) is -1.60. The van der Waals surface area contributed by atoms with Crippen LogP contribution in [0.4, 0.5) is 0 Å². The number of aliphatic hydroxyl groups is 2. The Morgan fingerprint density at radius 3 is 1.32 bits per heavy atom. The molecule has 22 heavy (non-hydrogen) atoms. The van der Waals surface area contributed by atoms with E-state index in [0.717, 1.165) is 0 Å². The Hall–Kier alpha value is -2.28. The van der Waals surface area contributed by atoms with Gasteiger partial charge in [0.2, 0.25) is 17.4 Å². The van der Waals surface area contributed by atoms with E-state index in [4.69, 9.17) is 42.7 Å². The van der Waals surface area contributed by atoms with Gasteiger partial charge >= 0.3 is 17.9 Å². The van der Waals surface area contributed by atoms with E-state index in [2.05, 4.69) is 0 Å². The lowest BCUT2D eigenvalue weighted by atomic mass is 10.1. The highest BCUT2D eigenvalue weighted by Crippen LogP contribution is 2.05. The Balaban J connectivity index is 0. The van der Waals surface area contributed by atoms with E-state index in [1.807, 2.05) is 0 Å². The highest BCUT2D eigenvalue weighted by molar-refractivity contribution is 5.79. The molecule has 0 aromatic carbocycles. The van der Waals surface area contributed by atoms with Gasteiger partial charge in [0.15, 0.2) is 0 Å².